The van der Waals surface area contributed by atoms with Gasteiger partial charge < -0.3 is 4.57 Å². The topological polar surface area (TPSA) is 8.17 Å². The van der Waals surface area contributed by atoms with E-state index in [0.717, 1.165) is 6.54 Å². The van der Waals surface area contributed by atoms with Crippen molar-refractivity contribution in [3.8, 4) is 0 Å². The van der Waals surface area contributed by atoms with E-state index >= 15 is 0 Å². The quantitative estimate of drug-likeness (QED) is 0.816. The molecule has 0 saturated carbocycles. The lowest BCUT2D eigenvalue weighted by atomic mass is 10.1. The van der Waals surface area contributed by atoms with Gasteiger partial charge in [-0.05, 0) is 44.1 Å². The molecule has 2 nitrogen and oxygen atoms in total. The van der Waals surface area contributed by atoms with Crippen LogP contribution in [0.4, 0.5) is 0 Å². The molecule has 1 aromatic heterocycles. The smallest absolute Gasteiger partial charge is 0.0491 e. The maximum Gasteiger partial charge on any atom is 0.0491 e. The fourth-order valence-electron chi connectivity index (χ4n) is 2.88. The van der Waals surface area contributed by atoms with Crippen LogP contribution in [0.3, 0.4) is 0 Å². The molecule has 0 aliphatic carbocycles. The summed E-state index contributed by atoms with van der Waals surface area (Å²) in [7, 11) is 2.17. The van der Waals surface area contributed by atoms with Gasteiger partial charge in [0, 0.05) is 34.7 Å². The van der Waals surface area contributed by atoms with Gasteiger partial charge in [0.05, 0.1) is 0 Å². The van der Waals surface area contributed by atoms with E-state index in [2.05, 4.69) is 56.7 Å². The van der Waals surface area contributed by atoms with E-state index in [9.17, 15) is 0 Å². The van der Waals surface area contributed by atoms with Gasteiger partial charge in [0.15, 0.2) is 0 Å². The summed E-state index contributed by atoms with van der Waals surface area (Å²) < 4.78 is 3.52. The number of halogens is 1. The molecule has 0 atom stereocenters. The predicted molar refractivity (Wildman–Crippen MR) is 79.7 cm³/mol. The summed E-state index contributed by atoms with van der Waals surface area (Å²) in [6.07, 6.45) is 4.11. The van der Waals surface area contributed by atoms with Gasteiger partial charge >= 0.3 is 0 Å². The van der Waals surface area contributed by atoms with Gasteiger partial charge in [-0.15, -0.1) is 0 Å². The third kappa shape index (κ3) is 2.21. The molecule has 0 N–H and O–H groups in total. The fourth-order valence-corrected chi connectivity index (χ4v) is 3.35. The molecule has 1 aliphatic heterocycles. The van der Waals surface area contributed by atoms with Crippen molar-refractivity contribution in [3.05, 3.63) is 34.4 Å². The van der Waals surface area contributed by atoms with Crippen LogP contribution >= 0.6 is 15.9 Å². The molecule has 0 bridgehead atoms. The summed E-state index contributed by atoms with van der Waals surface area (Å²) in [5.74, 6) is 0. The van der Waals surface area contributed by atoms with Crippen molar-refractivity contribution in [1.82, 2.24) is 9.47 Å². The molecule has 1 saturated heterocycles. The molecule has 1 fully saturated rings. The number of hydrogen-bond donors (Lipinski definition) is 0. The van der Waals surface area contributed by atoms with Gasteiger partial charge in [-0.1, -0.05) is 28.4 Å². The molecule has 1 aliphatic rings. The van der Waals surface area contributed by atoms with Crippen LogP contribution in [0, 0.1) is 0 Å². The van der Waals surface area contributed by atoms with Gasteiger partial charge in [0.1, 0.15) is 0 Å². The van der Waals surface area contributed by atoms with Gasteiger partial charge in [-0.3, -0.25) is 4.90 Å². The number of hydrogen-bond acceptors (Lipinski definition) is 1. The zero-order chi connectivity index (χ0) is 12.5. The molecule has 18 heavy (non-hydrogen) atoms. The van der Waals surface area contributed by atoms with Gasteiger partial charge in [-0.25, -0.2) is 0 Å². The molecule has 0 unspecified atom stereocenters. The summed E-state index contributed by atoms with van der Waals surface area (Å²) in [4.78, 5) is 2.58. The summed E-state index contributed by atoms with van der Waals surface area (Å²) in [6.45, 7) is 3.59. The summed E-state index contributed by atoms with van der Waals surface area (Å²) in [5.41, 5.74) is 2.73. The Hall–Kier alpha value is -0.800. The Morgan fingerprint density at radius 3 is 2.67 bits per heavy atom. The lowest BCUT2D eigenvalue weighted by Gasteiger charge is -2.26. The van der Waals surface area contributed by atoms with Crippen molar-refractivity contribution in [2.45, 2.75) is 25.8 Å². The molecular weight excluding hydrogens is 288 g/mol. The Morgan fingerprint density at radius 2 is 1.94 bits per heavy atom. The first-order chi connectivity index (χ1) is 8.75. The predicted octanol–water partition coefficient (Wildman–Crippen LogP) is 3.93. The molecule has 0 radical (unpaired) electrons. The zero-order valence-electron chi connectivity index (χ0n) is 10.8. The minimum atomic E-state index is 1.08. The molecule has 96 valence electrons. The molecular formula is C15H19BrN2. The highest BCUT2D eigenvalue weighted by Crippen LogP contribution is 2.27. The minimum absolute atomic E-state index is 1.08. The van der Waals surface area contributed by atoms with Crippen LogP contribution in [-0.2, 0) is 13.6 Å². The largest absolute Gasteiger partial charge is 0.346 e. The summed E-state index contributed by atoms with van der Waals surface area (Å²) in [6, 6.07) is 8.75. The average molecular weight is 307 g/mol. The molecule has 3 rings (SSSR count). The van der Waals surface area contributed by atoms with E-state index < -0.39 is 0 Å². The van der Waals surface area contributed by atoms with Crippen molar-refractivity contribution < 1.29 is 0 Å². The SMILES string of the molecule is Cn1c(CN2CCCCC2)cc2c(Br)cccc21. The number of piperidine rings is 1. The second-order valence-corrected chi connectivity index (χ2v) is 6.06. The van der Waals surface area contributed by atoms with Gasteiger partial charge in [-0.2, -0.15) is 0 Å². The third-order valence-corrected chi connectivity index (χ3v) is 4.66. The fraction of sp³-hybridized carbons (Fsp3) is 0.467. The van der Waals surface area contributed by atoms with E-state index in [1.807, 2.05) is 0 Å². The lowest BCUT2D eigenvalue weighted by Crippen LogP contribution is -2.29. The van der Waals surface area contributed by atoms with Crippen molar-refractivity contribution in [2.24, 2.45) is 7.05 Å². The van der Waals surface area contributed by atoms with Crippen LogP contribution in [-0.4, -0.2) is 22.6 Å². The van der Waals surface area contributed by atoms with Crippen LogP contribution in [0.2, 0.25) is 0 Å². The lowest BCUT2D eigenvalue weighted by molar-refractivity contribution is 0.217. The monoisotopic (exact) mass is 306 g/mol. The Morgan fingerprint density at radius 1 is 1.17 bits per heavy atom. The zero-order valence-corrected chi connectivity index (χ0v) is 12.4. The first-order valence-corrected chi connectivity index (χ1v) is 7.50. The van der Waals surface area contributed by atoms with Crippen LogP contribution in [0.25, 0.3) is 10.9 Å². The standard InChI is InChI=1S/C15H19BrN2/c1-17-12(11-18-8-3-2-4-9-18)10-13-14(16)6-5-7-15(13)17/h5-7,10H,2-4,8-9,11H2,1H3. The first kappa shape index (κ1) is 12.2. The number of aryl methyl sites for hydroxylation is 1. The third-order valence-electron chi connectivity index (χ3n) is 3.97. The van der Waals surface area contributed by atoms with E-state index in [4.69, 9.17) is 0 Å². The van der Waals surface area contributed by atoms with Crippen LogP contribution < -0.4 is 0 Å². The Bertz CT molecular complexity index is 553. The highest BCUT2D eigenvalue weighted by Gasteiger charge is 2.14. The second-order valence-electron chi connectivity index (χ2n) is 5.20. The molecule has 0 spiro atoms. The molecule has 3 heteroatoms. The number of likely N-dealkylation sites (tertiary alicyclic amines) is 1. The molecule has 2 heterocycles. The van der Waals surface area contributed by atoms with Gasteiger partial charge in [0.25, 0.3) is 0 Å². The number of benzene rings is 1. The van der Waals surface area contributed by atoms with E-state index in [0.29, 0.717) is 0 Å². The van der Waals surface area contributed by atoms with Crippen molar-refractivity contribution in [3.63, 3.8) is 0 Å². The molecule has 2 aromatic rings. The van der Waals surface area contributed by atoms with Gasteiger partial charge in [0.2, 0.25) is 0 Å². The van der Waals surface area contributed by atoms with E-state index in [1.54, 1.807) is 0 Å². The minimum Gasteiger partial charge on any atom is -0.346 e. The number of fused-ring (bicyclic) bond motifs is 1. The Balaban J connectivity index is 1.92. The maximum absolute atomic E-state index is 3.64. The Labute approximate surface area is 117 Å². The first-order valence-electron chi connectivity index (χ1n) is 6.71. The highest BCUT2D eigenvalue weighted by molar-refractivity contribution is 9.10. The number of aromatic nitrogens is 1. The summed E-state index contributed by atoms with van der Waals surface area (Å²) >= 11 is 3.64. The number of nitrogens with zero attached hydrogens (tertiary/aromatic N) is 2. The number of rotatable bonds is 2. The van der Waals surface area contributed by atoms with Crippen LogP contribution in [0.1, 0.15) is 25.0 Å². The van der Waals surface area contributed by atoms with Crippen LogP contribution in [0.5, 0.6) is 0 Å². The molecule has 1 aromatic carbocycles. The van der Waals surface area contributed by atoms with E-state index in [1.165, 1.54) is 53.4 Å². The van der Waals surface area contributed by atoms with Crippen molar-refractivity contribution >= 4 is 26.8 Å². The molecule has 0 amide bonds. The van der Waals surface area contributed by atoms with Crippen LogP contribution in [0.15, 0.2) is 28.7 Å². The normalized spacial score (nSPS) is 17.4. The average Bonchev–Trinajstić information content (AvgIpc) is 2.70. The Kier molecular flexibility index (Phi) is 3.44. The second kappa shape index (κ2) is 5.06. The maximum atomic E-state index is 3.64. The van der Waals surface area contributed by atoms with Crippen molar-refractivity contribution in [2.75, 3.05) is 13.1 Å². The highest BCUT2D eigenvalue weighted by atomic mass is 79.9. The summed E-state index contributed by atoms with van der Waals surface area (Å²) in [5, 5.41) is 1.33. The van der Waals surface area contributed by atoms with Crippen molar-refractivity contribution in [1.29, 1.82) is 0 Å². The van der Waals surface area contributed by atoms with E-state index in [-0.39, 0.29) is 0 Å².